The highest BCUT2D eigenvalue weighted by molar-refractivity contribution is 5.75. The third kappa shape index (κ3) is 2.91. The molecule has 0 aliphatic carbocycles. The van der Waals surface area contributed by atoms with Crippen molar-refractivity contribution >= 4 is 5.91 Å². The topological polar surface area (TPSA) is 25.2 Å². The number of hydrogen-bond donors (Lipinski definition) is 0. The van der Waals surface area contributed by atoms with Crippen molar-refractivity contribution in [3.05, 3.63) is 24.5 Å². The van der Waals surface area contributed by atoms with E-state index in [1.54, 1.807) is 0 Å². The Morgan fingerprint density at radius 3 is 2.29 bits per heavy atom. The molecule has 1 aromatic rings. The Labute approximate surface area is 85.3 Å². The molecule has 3 heteroatoms. The zero-order chi connectivity index (χ0) is 10.4. The van der Waals surface area contributed by atoms with E-state index in [1.165, 1.54) is 0 Å². The summed E-state index contributed by atoms with van der Waals surface area (Å²) in [4.78, 5) is 13.5. The van der Waals surface area contributed by atoms with Crippen molar-refractivity contribution in [1.29, 1.82) is 0 Å². The van der Waals surface area contributed by atoms with Crippen molar-refractivity contribution in [1.82, 2.24) is 9.47 Å². The maximum Gasteiger partial charge on any atom is 0.224 e. The van der Waals surface area contributed by atoms with Gasteiger partial charge in [0.2, 0.25) is 5.91 Å². The average Bonchev–Trinajstić information content (AvgIpc) is 2.69. The van der Waals surface area contributed by atoms with Gasteiger partial charge in [0.1, 0.15) is 0 Å². The van der Waals surface area contributed by atoms with E-state index in [2.05, 4.69) is 0 Å². The molecule has 1 aromatic heterocycles. The van der Waals surface area contributed by atoms with Crippen molar-refractivity contribution < 1.29 is 4.79 Å². The average molecular weight is 194 g/mol. The van der Waals surface area contributed by atoms with Gasteiger partial charge in [0.25, 0.3) is 0 Å². The fraction of sp³-hybridized carbons (Fsp3) is 0.545. The summed E-state index contributed by atoms with van der Waals surface area (Å²) >= 11 is 0. The van der Waals surface area contributed by atoms with Crippen molar-refractivity contribution in [3.8, 4) is 0 Å². The van der Waals surface area contributed by atoms with Crippen LogP contribution in [0.1, 0.15) is 20.3 Å². The number of carbonyl (C=O) groups is 1. The minimum atomic E-state index is 0.240. The summed E-state index contributed by atoms with van der Waals surface area (Å²) in [5.74, 6) is 0.240. The lowest BCUT2D eigenvalue weighted by molar-refractivity contribution is -0.131. The molecule has 0 aromatic carbocycles. The maximum absolute atomic E-state index is 11.6. The number of amides is 1. The lowest BCUT2D eigenvalue weighted by Gasteiger charge is -2.18. The van der Waals surface area contributed by atoms with Crippen LogP contribution in [0.2, 0.25) is 0 Å². The SMILES string of the molecule is CCN(CC)C(=O)CCn1cccc1. The fourth-order valence-electron chi connectivity index (χ4n) is 1.48. The second-order valence-electron chi connectivity index (χ2n) is 3.24. The number of aromatic nitrogens is 1. The number of rotatable bonds is 5. The Morgan fingerprint density at radius 2 is 1.79 bits per heavy atom. The minimum Gasteiger partial charge on any atom is -0.354 e. The van der Waals surface area contributed by atoms with Crippen LogP contribution in [0.25, 0.3) is 0 Å². The number of nitrogens with zero attached hydrogens (tertiary/aromatic N) is 2. The van der Waals surface area contributed by atoms with Gasteiger partial charge in [0, 0.05) is 38.4 Å². The molecule has 0 unspecified atom stereocenters. The van der Waals surface area contributed by atoms with Crippen molar-refractivity contribution in [3.63, 3.8) is 0 Å². The molecule has 1 amide bonds. The summed E-state index contributed by atoms with van der Waals surface area (Å²) < 4.78 is 2.03. The van der Waals surface area contributed by atoms with Crippen LogP contribution in [0.4, 0.5) is 0 Å². The highest BCUT2D eigenvalue weighted by Gasteiger charge is 2.08. The largest absolute Gasteiger partial charge is 0.354 e. The molecule has 0 fully saturated rings. The zero-order valence-electron chi connectivity index (χ0n) is 8.94. The van der Waals surface area contributed by atoms with Gasteiger partial charge in [-0.2, -0.15) is 0 Å². The first kappa shape index (κ1) is 10.8. The molecule has 0 saturated carbocycles. The smallest absolute Gasteiger partial charge is 0.224 e. The summed E-state index contributed by atoms with van der Waals surface area (Å²) in [6.45, 7) is 6.42. The van der Waals surface area contributed by atoms with Crippen LogP contribution in [-0.2, 0) is 11.3 Å². The quantitative estimate of drug-likeness (QED) is 0.701. The number of aryl methyl sites for hydroxylation is 1. The van der Waals surface area contributed by atoms with E-state index >= 15 is 0 Å². The Balaban J connectivity index is 2.34. The molecule has 0 N–H and O–H groups in total. The first-order chi connectivity index (χ1) is 6.77. The molecular formula is C11H18N2O. The molecule has 0 bridgehead atoms. The first-order valence-electron chi connectivity index (χ1n) is 5.16. The molecular weight excluding hydrogens is 176 g/mol. The van der Waals surface area contributed by atoms with Gasteiger partial charge in [-0.1, -0.05) is 0 Å². The second-order valence-corrected chi connectivity index (χ2v) is 3.24. The zero-order valence-corrected chi connectivity index (χ0v) is 8.94. The van der Waals surface area contributed by atoms with Gasteiger partial charge in [0.05, 0.1) is 0 Å². The van der Waals surface area contributed by atoms with Crippen LogP contribution < -0.4 is 0 Å². The third-order valence-electron chi connectivity index (χ3n) is 2.37. The fourth-order valence-corrected chi connectivity index (χ4v) is 1.48. The molecule has 0 aliphatic rings. The number of hydrogen-bond acceptors (Lipinski definition) is 1. The summed E-state index contributed by atoms with van der Waals surface area (Å²) in [6, 6.07) is 3.95. The molecule has 0 aliphatic heterocycles. The highest BCUT2D eigenvalue weighted by Crippen LogP contribution is 1.98. The van der Waals surface area contributed by atoms with Crippen LogP contribution in [0, 0.1) is 0 Å². The highest BCUT2D eigenvalue weighted by atomic mass is 16.2. The van der Waals surface area contributed by atoms with Gasteiger partial charge in [-0.25, -0.2) is 0 Å². The summed E-state index contributed by atoms with van der Waals surface area (Å²) in [5, 5.41) is 0. The van der Waals surface area contributed by atoms with E-state index < -0.39 is 0 Å². The maximum atomic E-state index is 11.6. The standard InChI is InChI=1S/C11H18N2O/c1-3-13(4-2)11(14)7-10-12-8-5-6-9-12/h5-6,8-9H,3-4,7,10H2,1-2H3. The van der Waals surface area contributed by atoms with Gasteiger partial charge >= 0.3 is 0 Å². The van der Waals surface area contributed by atoms with Crippen molar-refractivity contribution in [2.45, 2.75) is 26.8 Å². The monoisotopic (exact) mass is 194 g/mol. The van der Waals surface area contributed by atoms with Gasteiger partial charge in [-0.05, 0) is 26.0 Å². The van der Waals surface area contributed by atoms with Crippen LogP contribution in [-0.4, -0.2) is 28.5 Å². The Kier molecular flexibility index (Phi) is 4.23. The van der Waals surface area contributed by atoms with E-state index in [0.717, 1.165) is 19.6 Å². The lowest BCUT2D eigenvalue weighted by Crippen LogP contribution is -2.30. The molecule has 1 heterocycles. The Bertz CT molecular complexity index is 263. The van der Waals surface area contributed by atoms with Crippen LogP contribution in [0.5, 0.6) is 0 Å². The molecule has 0 saturated heterocycles. The Morgan fingerprint density at radius 1 is 1.21 bits per heavy atom. The van der Waals surface area contributed by atoms with E-state index in [1.807, 2.05) is 47.8 Å². The van der Waals surface area contributed by atoms with Crippen molar-refractivity contribution in [2.75, 3.05) is 13.1 Å². The summed E-state index contributed by atoms with van der Waals surface area (Å²) in [7, 11) is 0. The van der Waals surface area contributed by atoms with Crippen LogP contribution in [0.3, 0.4) is 0 Å². The van der Waals surface area contributed by atoms with E-state index in [-0.39, 0.29) is 5.91 Å². The van der Waals surface area contributed by atoms with Crippen molar-refractivity contribution in [2.24, 2.45) is 0 Å². The predicted molar refractivity (Wildman–Crippen MR) is 57.0 cm³/mol. The van der Waals surface area contributed by atoms with E-state index in [9.17, 15) is 4.79 Å². The molecule has 1 rings (SSSR count). The first-order valence-corrected chi connectivity index (χ1v) is 5.16. The van der Waals surface area contributed by atoms with Gasteiger partial charge < -0.3 is 9.47 Å². The van der Waals surface area contributed by atoms with E-state index in [4.69, 9.17) is 0 Å². The summed E-state index contributed by atoms with van der Waals surface area (Å²) in [6.07, 6.45) is 4.56. The predicted octanol–water partition coefficient (Wildman–Crippen LogP) is 1.75. The van der Waals surface area contributed by atoms with Gasteiger partial charge in [-0.15, -0.1) is 0 Å². The molecule has 14 heavy (non-hydrogen) atoms. The molecule has 78 valence electrons. The van der Waals surface area contributed by atoms with E-state index in [0.29, 0.717) is 6.42 Å². The van der Waals surface area contributed by atoms with Gasteiger partial charge in [-0.3, -0.25) is 4.79 Å². The third-order valence-corrected chi connectivity index (χ3v) is 2.37. The van der Waals surface area contributed by atoms with Gasteiger partial charge in [0.15, 0.2) is 0 Å². The molecule has 0 spiro atoms. The van der Waals surface area contributed by atoms with Crippen LogP contribution >= 0.6 is 0 Å². The molecule has 0 radical (unpaired) electrons. The van der Waals surface area contributed by atoms with Crippen LogP contribution in [0.15, 0.2) is 24.5 Å². The normalized spacial score (nSPS) is 10.1. The lowest BCUT2D eigenvalue weighted by atomic mass is 10.3. The molecule has 0 atom stereocenters. The number of carbonyl (C=O) groups excluding carboxylic acids is 1. The second kappa shape index (κ2) is 5.47. The summed E-state index contributed by atoms with van der Waals surface area (Å²) in [5.41, 5.74) is 0. The molecule has 3 nitrogen and oxygen atoms in total. The minimum absolute atomic E-state index is 0.240. The Hall–Kier alpha value is -1.25.